The lowest BCUT2D eigenvalue weighted by Crippen LogP contribution is -2.34. The maximum atomic E-state index is 10.8. The largest absolute Gasteiger partial charge is 0.481 e. The van der Waals surface area contributed by atoms with E-state index < -0.39 is 5.97 Å². The first-order valence-corrected chi connectivity index (χ1v) is 6.62. The molecule has 0 amide bonds. The molecule has 1 fully saturated rings. The highest BCUT2D eigenvalue weighted by atomic mass is 16.4. The fourth-order valence-corrected chi connectivity index (χ4v) is 2.03. The van der Waals surface area contributed by atoms with Gasteiger partial charge in [0.2, 0.25) is 0 Å². The Hall–Kier alpha value is -0.570. The molecule has 0 aliphatic heterocycles. The lowest BCUT2D eigenvalue weighted by Gasteiger charge is -2.23. The summed E-state index contributed by atoms with van der Waals surface area (Å²) >= 11 is 0. The number of nitrogens with zero attached hydrogens (tertiary/aromatic N) is 1. The predicted molar refractivity (Wildman–Crippen MR) is 65.5 cm³/mol. The van der Waals surface area contributed by atoms with Crippen LogP contribution in [-0.2, 0) is 4.79 Å². The predicted octanol–water partition coefficient (Wildman–Crippen LogP) is 2.75. The van der Waals surface area contributed by atoms with Gasteiger partial charge >= 0.3 is 5.97 Å². The van der Waals surface area contributed by atoms with Crippen LogP contribution in [0.3, 0.4) is 0 Å². The molecule has 1 aliphatic carbocycles. The number of hydrogen-bond acceptors (Lipinski definition) is 2. The first kappa shape index (κ1) is 13.5. The molecule has 0 saturated heterocycles. The Labute approximate surface area is 98.8 Å². The van der Waals surface area contributed by atoms with Crippen LogP contribution >= 0.6 is 0 Å². The van der Waals surface area contributed by atoms with E-state index in [1.807, 2.05) is 6.92 Å². The average Bonchev–Trinajstić information content (AvgIpc) is 3.05. The molecule has 1 rings (SSSR count). The number of carboxylic acid groups (broad SMARTS) is 1. The van der Waals surface area contributed by atoms with Gasteiger partial charge in [-0.25, -0.2) is 0 Å². The number of unbranched alkanes of at least 4 members (excludes halogenated alkanes) is 3. The number of carboxylic acids is 1. The molecule has 0 radical (unpaired) electrons. The van der Waals surface area contributed by atoms with Gasteiger partial charge in [-0.1, -0.05) is 33.1 Å². The molecule has 3 heteroatoms. The van der Waals surface area contributed by atoms with E-state index in [9.17, 15) is 4.79 Å². The van der Waals surface area contributed by atoms with Gasteiger partial charge in [0.05, 0.1) is 5.92 Å². The van der Waals surface area contributed by atoms with E-state index >= 15 is 0 Å². The fraction of sp³-hybridized carbons (Fsp3) is 0.923. The van der Waals surface area contributed by atoms with E-state index in [0.717, 1.165) is 13.1 Å². The van der Waals surface area contributed by atoms with Gasteiger partial charge in [-0.3, -0.25) is 9.69 Å². The second-order valence-electron chi connectivity index (χ2n) is 5.03. The molecule has 94 valence electrons. The minimum atomic E-state index is -0.667. The van der Waals surface area contributed by atoms with E-state index in [0.29, 0.717) is 6.04 Å². The molecular weight excluding hydrogens is 202 g/mol. The summed E-state index contributed by atoms with van der Waals surface area (Å²) in [6, 6.07) is 0.684. The van der Waals surface area contributed by atoms with Crippen LogP contribution in [0.2, 0.25) is 0 Å². The quantitative estimate of drug-likeness (QED) is 0.616. The molecule has 0 aromatic rings. The van der Waals surface area contributed by atoms with Crippen molar-refractivity contribution in [2.45, 2.75) is 58.4 Å². The van der Waals surface area contributed by atoms with Crippen LogP contribution in [-0.4, -0.2) is 35.1 Å². The summed E-state index contributed by atoms with van der Waals surface area (Å²) in [6.07, 6.45) is 7.58. The van der Waals surface area contributed by atoms with Gasteiger partial charge in [0.1, 0.15) is 0 Å². The second kappa shape index (κ2) is 6.89. The first-order chi connectivity index (χ1) is 7.65. The molecule has 3 nitrogen and oxygen atoms in total. The van der Waals surface area contributed by atoms with E-state index in [2.05, 4.69) is 11.8 Å². The van der Waals surface area contributed by atoms with Crippen molar-refractivity contribution in [3.63, 3.8) is 0 Å². The van der Waals surface area contributed by atoms with E-state index in [-0.39, 0.29) is 5.92 Å². The Balaban J connectivity index is 2.22. The van der Waals surface area contributed by atoms with Gasteiger partial charge in [-0.2, -0.15) is 0 Å². The SMILES string of the molecule is CCCCCCN(CC(C)C(=O)O)C1CC1. The maximum absolute atomic E-state index is 10.8. The van der Waals surface area contributed by atoms with Crippen LogP contribution in [0.4, 0.5) is 0 Å². The fourth-order valence-electron chi connectivity index (χ4n) is 2.03. The molecule has 1 unspecified atom stereocenters. The topological polar surface area (TPSA) is 40.5 Å². The Kier molecular flexibility index (Phi) is 5.81. The summed E-state index contributed by atoms with van der Waals surface area (Å²) in [5.74, 6) is -0.897. The van der Waals surface area contributed by atoms with Crippen LogP contribution < -0.4 is 0 Å². The van der Waals surface area contributed by atoms with Gasteiger partial charge in [0.15, 0.2) is 0 Å². The molecule has 0 bridgehead atoms. The Bertz CT molecular complexity index is 214. The molecule has 1 aliphatic rings. The van der Waals surface area contributed by atoms with Gasteiger partial charge in [-0.05, 0) is 25.8 Å². The van der Waals surface area contributed by atoms with Gasteiger partial charge in [0, 0.05) is 12.6 Å². The molecule has 0 aromatic carbocycles. The van der Waals surface area contributed by atoms with Crippen molar-refractivity contribution in [2.75, 3.05) is 13.1 Å². The minimum absolute atomic E-state index is 0.230. The van der Waals surface area contributed by atoms with Crippen molar-refractivity contribution in [2.24, 2.45) is 5.92 Å². The molecule has 1 saturated carbocycles. The van der Waals surface area contributed by atoms with Crippen LogP contribution in [0.5, 0.6) is 0 Å². The number of hydrogen-bond donors (Lipinski definition) is 1. The summed E-state index contributed by atoms with van der Waals surface area (Å²) in [5, 5.41) is 8.92. The average molecular weight is 227 g/mol. The molecule has 16 heavy (non-hydrogen) atoms. The van der Waals surface area contributed by atoms with Crippen LogP contribution in [0, 0.1) is 5.92 Å². The Morgan fingerprint density at radius 3 is 2.56 bits per heavy atom. The Morgan fingerprint density at radius 2 is 2.06 bits per heavy atom. The summed E-state index contributed by atoms with van der Waals surface area (Å²) in [5.41, 5.74) is 0. The van der Waals surface area contributed by atoms with Crippen LogP contribution in [0.1, 0.15) is 52.4 Å². The number of rotatable bonds is 9. The van der Waals surface area contributed by atoms with Crippen molar-refractivity contribution in [1.29, 1.82) is 0 Å². The number of carbonyl (C=O) groups is 1. The summed E-state index contributed by atoms with van der Waals surface area (Å²) in [4.78, 5) is 13.2. The zero-order valence-corrected chi connectivity index (χ0v) is 10.6. The molecule has 0 spiro atoms. The van der Waals surface area contributed by atoms with Crippen molar-refractivity contribution >= 4 is 5.97 Å². The van der Waals surface area contributed by atoms with Gasteiger partial charge in [0.25, 0.3) is 0 Å². The highest BCUT2D eigenvalue weighted by molar-refractivity contribution is 5.69. The van der Waals surface area contributed by atoms with Crippen molar-refractivity contribution in [3.8, 4) is 0 Å². The molecular formula is C13H25NO2. The maximum Gasteiger partial charge on any atom is 0.307 e. The molecule has 0 aromatic heterocycles. The van der Waals surface area contributed by atoms with Crippen LogP contribution in [0.25, 0.3) is 0 Å². The summed E-state index contributed by atoms with van der Waals surface area (Å²) in [6.45, 7) is 5.84. The monoisotopic (exact) mass is 227 g/mol. The van der Waals surface area contributed by atoms with Crippen molar-refractivity contribution in [3.05, 3.63) is 0 Å². The highest BCUT2D eigenvalue weighted by Gasteiger charge is 2.30. The third-order valence-electron chi connectivity index (χ3n) is 3.29. The van der Waals surface area contributed by atoms with Crippen molar-refractivity contribution in [1.82, 2.24) is 4.90 Å². The minimum Gasteiger partial charge on any atom is -0.481 e. The zero-order chi connectivity index (χ0) is 12.0. The van der Waals surface area contributed by atoms with E-state index in [1.165, 1.54) is 38.5 Å². The molecule has 1 N–H and O–H groups in total. The summed E-state index contributed by atoms with van der Waals surface area (Å²) in [7, 11) is 0. The highest BCUT2D eigenvalue weighted by Crippen LogP contribution is 2.27. The summed E-state index contributed by atoms with van der Waals surface area (Å²) < 4.78 is 0. The molecule has 1 atom stereocenters. The lowest BCUT2D eigenvalue weighted by molar-refractivity contribution is -0.141. The van der Waals surface area contributed by atoms with Crippen molar-refractivity contribution < 1.29 is 9.90 Å². The zero-order valence-electron chi connectivity index (χ0n) is 10.6. The third kappa shape index (κ3) is 4.97. The molecule has 0 heterocycles. The van der Waals surface area contributed by atoms with E-state index in [1.54, 1.807) is 0 Å². The second-order valence-corrected chi connectivity index (χ2v) is 5.03. The van der Waals surface area contributed by atoms with Crippen LogP contribution in [0.15, 0.2) is 0 Å². The first-order valence-electron chi connectivity index (χ1n) is 6.62. The normalized spacial score (nSPS) is 17.7. The standard InChI is InChI=1S/C13H25NO2/c1-3-4-5-6-9-14(12-7-8-12)10-11(2)13(15)16/h11-12H,3-10H2,1-2H3,(H,15,16). The van der Waals surface area contributed by atoms with Gasteiger partial charge in [-0.15, -0.1) is 0 Å². The Morgan fingerprint density at radius 1 is 1.38 bits per heavy atom. The van der Waals surface area contributed by atoms with E-state index in [4.69, 9.17) is 5.11 Å². The smallest absolute Gasteiger partial charge is 0.307 e. The number of aliphatic carboxylic acids is 1. The van der Waals surface area contributed by atoms with Gasteiger partial charge < -0.3 is 5.11 Å². The lowest BCUT2D eigenvalue weighted by atomic mass is 10.1. The third-order valence-corrected chi connectivity index (χ3v) is 3.29.